The molecule has 106 valence electrons. The molecule has 1 N–H and O–H groups in total. The summed E-state index contributed by atoms with van der Waals surface area (Å²) in [5.41, 5.74) is 1.14. The Kier molecular flexibility index (Phi) is 5.96. The van der Waals surface area contributed by atoms with Gasteiger partial charge in [0.05, 0.1) is 0 Å². The van der Waals surface area contributed by atoms with Crippen molar-refractivity contribution in [2.45, 2.75) is 26.3 Å². The topological polar surface area (TPSA) is 15.3 Å². The van der Waals surface area contributed by atoms with Gasteiger partial charge in [-0.3, -0.25) is 4.90 Å². The van der Waals surface area contributed by atoms with Crippen LogP contribution >= 0.6 is 23.2 Å². The minimum Gasteiger partial charge on any atom is -0.317 e. The summed E-state index contributed by atoms with van der Waals surface area (Å²) in [6.45, 7) is 7.54. The van der Waals surface area contributed by atoms with Crippen LogP contribution in [0.25, 0.3) is 0 Å². The molecule has 0 amide bonds. The number of hydrogen-bond acceptors (Lipinski definition) is 2. The lowest BCUT2D eigenvalue weighted by Gasteiger charge is -2.33. The fraction of sp³-hybridized carbons (Fsp3) is 0.600. The van der Waals surface area contributed by atoms with E-state index in [1.807, 2.05) is 18.2 Å². The van der Waals surface area contributed by atoms with E-state index in [9.17, 15) is 0 Å². The van der Waals surface area contributed by atoms with E-state index in [0.29, 0.717) is 0 Å². The number of nitrogens with one attached hydrogen (secondary N) is 1. The third kappa shape index (κ3) is 4.64. The molecule has 1 aliphatic rings. The summed E-state index contributed by atoms with van der Waals surface area (Å²) in [5, 5.41) is 5.03. The summed E-state index contributed by atoms with van der Waals surface area (Å²) in [6.07, 6.45) is 2.60. The van der Waals surface area contributed by atoms with Crippen molar-refractivity contribution >= 4 is 23.2 Å². The molecule has 0 bridgehead atoms. The minimum atomic E-state index is 0.756. The number of halogens is 2. The van der Waals surface area contributed by atoms with E-state index in [-0.39, 0.29) is 0 Å². The summed E-state index contributed by atoms with van der Waals surface area (Å²) in [6, 6.07) is 5.72. The van der Waals surface area contributed by atoms with Gasteiger partial charge in [0.25, 0.3) is 0 Å². The van der Waals surface area contributed by atoms with Crippen molar-refractivity contribution in [1.29, 1.82) is 0 Å². The van der Waals surface area contributed by atoms with Gasteiger partial charge in [-0.05, 0) is 62.2 Å². The Labute approximate surface area is 126 Å². The third-order valence-electron chi connectivity index (χ3n) is 3.69. The zero-order chi connectivity index (χ0) is 13.7. The van der Waals surface area contributed by atoms with Crippen molar-refractivity contribution in [3.63, 3.8) is 0 Å². The molecule has 0 radical (unpaired) electrons. The van der Waals surface area contributed by atoms with Gasteiger partial charge in [-0.2, -0.15) is 0 Å². The van der Waals surface area contributed by atoms with E-state index in [2.05, 4.69) is 17.1 Å². The fourth-order valence-electron chi connectivity index (χ4n) is 2.72. The number of piperidine rings is 1. The number of likely N-dealkylation sites (tertiary alicyclic amines) is 1. The molecule has 19 heavy (non-hydrogen) atoms. The first kappa shape index (κ1) is 15.1. The molecule has 0 spiro atoms. The maximum atomic E-state index is 6.24. The second kappa shape index (κ2) is 7.49. The largest absolute Gasteiger partial charge is 0.317 e. The molecule has 1 unspecified atom stereocenters. The highest BCUT2D eigenvalue weighted by molar-refractivity contribution is 6.33. The number of hydrogen-bond donors (Lipinski definition) is 1. The summed E-state index contributed by atoms with van der Waals surface area (Å²) in [7, 11) is 0. The van der Waals surface area contributed by atoms with Crippen LogP contribution in [0, 0.1) is 5.92 Å². The lowest BCUT2D eigenvalue weighted by atomic mass is 9.97. The maximum Gasteiger partial charge on any atom is 0.0452 e. The quantitative estimate of drug-likeness (QED) is 0.889. The van der Waals surface area contributed by atoms with E-state index in [0.717, 1.165) is 54.3 Å². The van der Waals surface area contributed by atoms with Gasteiger partial charge in [-0.25, -0.2) is 0 Å². The van der Waals surface area contributed by atoms with Crippen LogP contribution in [0.15, 0.2) is 18.2 Å². The average molecular weight is 301 g/mol. The first-order valence-corrected chi connectivity index (χ1v) is 7.81. The van der Waals surface area contributed by atoms with Crippen LogP contribution in [0.2, 0.25) is 10.0 Å². The molecule has 0 aromatic heterocycles. The molecular formula is C15H22Cl2N2. The van der Waals surface area contributed by atoms with Gasteiger partial charge in [0.1, 0.15) is 0 Å². The molecule has 2 rings (SSSR count). The molecule has 1 aromatic rings. The molecule has 1 heterocycles. The second-order valence-electron chi connectivity index (χ2n) is 5.29. The SMILES string of the molecule is CCNCC1CCCN(Cc2cc(Cl)ccc2Cl)C1. The highest BCUT2D eigenvalue weighted by Gasteiger charge is 2.20. The van der Waals surface area contributed by atoms with Crippen LogP contribution in [-0.4, -0.2) is 31.1 Å². The zero-order valence-corrected chi connectivity index (χ0v) is 13.0. The van der Waals surface area contributed by atoms with Gasteiger partial charge in [-0.15, -0.1) is 0 Å². The van der Waals surface area contributed by atoms with E-state index in [4.69, 9.17) is 23.2 Å². The van der Waals surface area contributed by atoms with Crippen LogP contribution < -0.4 is 5.32 Å². The van der Waals surface area contributed by atoms with Crippen LogP contribution in [0.1, 0.15) is 25.3 Å². The van der Waals surface area contributed by atoms with Crippen LogP contribution in [0.5, 0.6) is 0 Å². The highest BCUT2D eigenvalue weighted by atomic mass is 35.5. The lowest BCUT2D eigenvalue weighted by Crippen LogP contribution is -2.39. The summed E-state index contributed by atoms with van der Waals surface area (Å²) < 4.78 is 0. The Morgan fingerprint density at radius 2 is 2.21 bits per heavy atom. The maximum absolute atomic E-state index is 6.24. The molecule has 1 aliphatic heterocycles. The Morgan fingerprint density at radius 1 is 1.37 bits per heavy atom. The monoisotopic (exact) mass is 300 g/mol. The molecule has 2 nitrogen and oxygen atoms in total. The van der Waals surface area contributed by atoms with Crippen molar-refractivity contribution in [2.24, 2.45) is 5.92 Å². The average Bonchev–Trinajstić information content (AvgIpc) is 2.41. The van der Waals surface area contributed by atoms with Crippen molar-refractivity contribution in [3.8, 4) is 0 Å². The summed E-state index contributed by atoms with van der Waals surface area (Å²) in [4.78, 5) is 2.49. The molecule has 1 aromatic carbocycles. The second-order valence-corrected chi connectivity index (χ2v) is 6.13. The number of nitrogens with zero attached hydrogens (tertiary/aromatic N) is 1. The van der Waals surface area contributed by atoms with Crippen LogP contribution in [0.4, 0.5) is 0 Å². The fourth-order valence-corrected chi connectivity index (χ4v) is 3.09. The van der Waals surface area contributed by atoms with E-state index < -0.39 is 0 Å². The van der Waals surface area contributed by atoms with Crippen LogP contribution in [-0.2, 0) is 6.54 Å². The van der Waals surface area contributed by atoms with E-state index in [1.165, 1.54) is 12.8 Å². The highest BCUT2D eigenvalue weighted by Crippen LogP contribution is 2.24. The Morgan fingerprint density at radius 3 is 3.00 bits per heavy atom. The number of rotatable bonds is 5. The molecule has 0 aliphatic carbocycles. The molecular weight excluding hydrogens is 279 g/mol. The Balaban J connectivity index is 1.93. The van der Waals surface area contributed by atoms with Gasteiger partial charge in [0, 0.05) is 23.1 Å². The molecule has 4 heteroatoms. The molecule has 0 saturated carbocycles. The van der Waals surface area contributed by atoms with Gasteiger partial charge in [0.2, 0.25) is 0 Å². The third-order valence-corrected chi connectivity index (χ3v) is 4.29. The van der Waals surface area contributed by atoms with Gasteiger partial charge < -0.3 is 5.32 Å². The smallest absolute Gasteiger partial charge is 0.0452 e. The van der Waals surface area contributed by atoms with Crippen molar-refractivity contribution in [2.75, 3.05) is 26.2 Å². The van der Waals surface area contributed by atoms with E-state index >= 15 is 0 Å². The van der Waals surface area contributed by atoms with Gasteiger partial charge >= 0.3 is 0 Å². The summed E-state index contributed by atoms with van der Waals surface area (Å²) >= 11 is 12.3. The lowest BCUT2D eigenvalue weighted by molar-refractivity contribution is 0.166. The Bertz CT molecular complexity index is 409. The predicted octanol–water partition coefficient (Wildman–Crippen LogP) is 3.81. The summed E-state index contributed by atoms with van der Waals surface area (Å²) in [5.74, 6) is 0.756. The predicted molar refractivity (Wildman–Crippen MR) is 83.0 cm³/mol. The zero-order valence-electron chi connectivity index (χ0n) is 11.5. The van der Waals surface area contributed by atoms with Gasteiger partial charge in [0.15, 0.2) is 0 Å². The van der Waals surface area contributed by atoms with Crippen molar-refractivity contribution in [1.82, 2.24) is 10.2 Å². The first-order chi connectivity index (χ1) is 9.19. The molecule has 1 saturated heterocycles. The van der Waals surface area contributed by atoms with E-state index in [1.54, 1.807) is 0 Å². The van der Waals surface area contributed by atoms with Crippen molar-refractivity contribution in [3.05, 3.63) is 33.8 Å². The van der Waals surface area contributed by atoms with Crippen LogP contribution in [0.3, 0.4) is 0 Å². The standard InChI is InChI=1S/C15H22Cl2N2/c1-2-18-9-12-4-3-7-19(10-12)11-13-8-14(16)5-6-15(13)17/h5-6,8,12,18H,2-4,7,9-11H2,1H3. The Hall–Kier alpha value is -0.280. The van der Waals surface area contributed by atoms with Gasteiger partial charge in [-0.1, -0.05) is 30.1 Å². The molecule has 1 fully saturated rings. The van der Waals surface area contributed by atoms with Crippen molar-refractivity contribution < 1.29 is 0 Å². The minimum absolute atomic E-state index is 0.756. The number of benzene rings is 1. The first-order valence-electron chi connectivity index (χ1n) is 7.06. The molecule has 1 atom stereocenters. The normalized spacial score (nSPS) is 20.7.